The number of benzene rings is 1. The van der Waals surface area contributed by atoms with Crippen molar-refractivity contribution in [3.8, 4) is 0 Å². The molecule has 2 unspecified atom stereocenters. The summed E-state index contributed by atoms with van der Waals surface area (Å²) in [6.45, 7) is 4.41. The van der Waals surface area contributed by atoms with Crippen LogP contribution in [0, 0.1) is 5.92 Å². The summed E-state index contributed by atoms with van der Waals surface area (Å²) in [6, 6.07) is 9.76. The Kier molecular flexibility index (Phi) is 4.28. The third kappa shape index (κ3) is 3.04. The van der Waals surface area contributed by atoms with Crippen molar-refractivity contribution in [3.63, 3.8) is 0 Å². The molecule has 3 rings (SSSR count). The van der Waals surface area contributed by atoms with Gasteiger partial charge in [0.2, 0.25) is 11.8 Å². The van der Waals surface area contributed by atoms with Gasteiger partial charge in [0, 0.05) is 30.6 Å². The van der Waals surface area contributed by atoms with Gasteiger partial charge < -0.3 is 10.2 Å². The number of nitrogens with zero attached hydrogens (tertiary/aromatic N) is 2. The molecule has 5 heteroatoms. The fourth-order valence-electron chi connectivity index (χ4n) is 2.88. The lowest BCUT2D eigenvalue weighted by molar-refractivity contribution is -0.126. The average molecular weight is 311 g/mol. The summed E-state index contributed by atoms with van der Waals surface area (Å²) in [5, 5.41) is 3.96. The number of anilines is 1. The molecule has 0 aliphatic carbocycles. The molecule has 1 saturated heterocycles. The van der Waals surface area contributed by atoms with E-state index in [0.29, 0.717) is 6.54 Å². The van der Waals surface area contributed by atoms with Gasteiger partial charge in [0.25, 0.3) is 0 Å². The van der Waals surface area contributed by atoms with Crippen molar-refractivity contribution in [2.75, 3.05) is 11.4 Å². The molecule has 0 saturated carbocycles. The number of para-hydroxylation sites is 1. The maximum Gasteiger partial charge on any atom is 0.227 e. The second kappa shape index (κ2) is 6.36. The van der Waals surface area contributed by atoms with Crippen LogP contribution in [0.25, 0.3) is 10.9 Å². The highest BCUT2D eigenvalue weighted by molar-refractivity contribution is 6.05. The number of hydrogen-bond donors (Lipinski definition) is 1. The highest BCUT2D eigenvalue weighted by atomic mass is 16.2. The number of fused-ring (bicyclic) bond motifs is 1. The van der Waals surface area contributed by atoms with Gasteiger partial charge in [-0.2, -0.15) is 0 Å². The van der Waals surface area contributed by atoms with Crippen LogP contribution in [0.5, 0.6) is 0 Å². The molecule has 5 nitrogen and oxygen atoms in total. The summed E-state index contributed by atoms with van der Waals surface area (Å²) in [5.41, 5.74) is 1.58. The number of hydrogen-bond acceptors (Lipinski definition) is 3. The Hall–Kier alpha value is -2.43. The Morgan fingerprint density at radius 3 is 2.96 bits per heavy atom. The number of rotatable bonds is 4. The van der Waals surface area contributed by atoms with E-state index in [9.17, 15) is 9.59 Å². The zero-order chi connectivity index (χ0) is 16.4. The third-order valence-electron chi connectivity index (χ3n) is 4.40. The predicted molar refractivity (Wildman–Crippen MR) is 90.1 cm³/mol. The van der Waals surface area contributed by atoms with Crippen molar-refractivity contribution in [2.24, 2.45) is 5.92 Å². The van der Waals surface area contributed by atoms with Gasteiger partial charge in [0.15, 0.2) is 0 Å². The highest BCUT2D eigenvalue weighted by Crippen LogP contribution is 2.30. The largest absolute Gasteiger partial charge is 0.353 e. The molecule has 1 aromatic heterocycles. The van der Waals surface area contributed by atoms with Gasteiger partial charge in [-0.15, -0.1) is 0 Å². The van der Waals surface area contributed by atoms with Crippen molar-refractivity contribution in [3.05, 3.63) is 36.5 Å². The minimum Gasteiger partial charge on any atom is -0.353 e. The maximum atomic E-state index is 12.4. The summed E-state index contributed by atoms with van der Waals surface area (Å²) in [5.74, 6) is -0.355. The Labute approximate surface area is 135 Å². The molecular weight excluding hydrogens is 290 g/mol. The Morgan fingerprint density at radius 1 is 1.39 bits per heavy atom. The van der Waals surface area contributed by atoms with Crippen LogP contribution in [0.15, 0.2) is 36.5 Å². The minimum atomic E-state index is -0.296. The van der Waals surface area contributed by atoms with E-state index in [4.69, 9.17) is 0 Å². The minimum absolute atomic E-state index is 0.0209. The quantitative estimate of drug-likeness (QED) is 0.943. The topological polar surface area (TPSA) is 62.3 Å². The van der Waals surface area contributed by atoms with Crippen LogP contribution < -0.4 is 10.2 Å². The van der Waals surface area contributed by atoms with Crippen molar-refractivity contribution >= 4 is 28.4 Å². The van der Waals surface area contributed by atoms with Gasteiger partial charge in [-0.1, -0.05) is 25.1 Å². The monoisotopic (exact) mass is 311 g/mol. The van der Waals surface area contributed by atoms with Crippen molar-refractivity contribution in [1.82, 2.24) is 10.3 Å². The maximum absolute atomic E-state index is 12.4. The second-order valence-electron chi connectivity index (χ2n) is 6.08. The van der Waals surface area contributed by atoms with Crippen molar-refractivity contribution < 1.29 is 9.59 Å². The molecule has 1 aromatic carbocycles. The van der Waals surface area contributed by atoms with E-state index in [2.05, 4.69) is 10.3 Å². The number of nitrogens with one attached hydrogen (secondary N) is 1. The van der Waals surface area contributed by atoms with Gasteiger partial charge >= 0.3 is 0 Å². The smallest absolute Gasteiger partial charge is 0.227 e. The van der Waals surface area contributed by atoms with Crippen LogP contribution >= 0.6 is 0 Å². The fourth-order valence-corrected chi connectivity index (χ4v) is 2.88. The van der Waals surface area contributed by atoms with Crippen LogP contribution in [0.4, 0.5) is 5.69 Å². The number of carbonyl (C=O) groups is 2. The average Bonchev–Trinajstić information content (AvgIpc) is 2.96. The van der Waals surface area contributed by atoms with Crippen molar-refractivity contribution in [2.45, 2.75) is 32.7 Å². The highest BCUT2D eigenvalue weighted by Gasteiger charge is 2.36. The lowest BCUT2D eigenvalue weighted by Gasteiger charge is -2.19. The molecule has 0 bridgehead atoms. The van der Waals surface area contributed by atoms with Gasteiger partial charge in [0.1, 0.15) is 0 Å². The van der Waals surface area contributed by atoms with E-state index in [1.54, 1.807) is 11.1 Å². The molecule has 2 aromatic rings. The van der Waals surface area contributed by atoms with E-state index in [-0.39, 0.29) is 30.2 Å². The van der Waals surface area contributed by atoms with Crippen LogP contribution in [0.1, 0.15) is 26.7 Å². The molecule has 0 spiro atoms. The summed E-state index contributed by atoms with van der Waals surface area (Å²) in [4.78, 5) is 30.8. The Bertz CT molecular complexity index is 739. The summed E-state index contributed by atoms with van der Waals surface area (Å²) in [7, 11) is 0. The summed E-state index contributed by atoms with van der Waals surface area (Å²) in [6.07, 6.45) is 2.86. The van der Waals surface area contributed by atoms with Crippen LogP contribution in [-0.4, -0.2) is 29.4 Å². The molecule has 2 atom stereocenters. The molecule has 1 fully saturated rings. The lowest BCUT2D eigenvalue weighted by atomic mass is 10.1. The molecule has 2 amide bonds. The molecular formula is C18H21N3O2. The first kappa shape index (κ1) is 15.5. The predicted octanol–water partition coefficient (Wildman–Crippen LogP) is 2.50. The molecule has 1 N–H and O–H groups in total. The standard InChI is InChI=1S/C18H21N3O2/c1-3-12(2)20-18(23)14-10-16(22)21(11-14)15-8-4-6-13-7-5-9-19-17(13)15/h4-9,12,14H,3,10-11H2,1-2H3,(H,20,23). The van der Waals surface area contributed by atoms with Crippen LogP contribution in [-0.2, 0) is 9.59 Å². The van der Waals surface area contributed by atoms with Gasteiger partial charge in [-0.05, 0) is 25.5 Å². The fraction of sp³-hybridized carbons (Fsp3) is 0.389. The number of aromatic nitrogens is 1. The van der Waals surface area contributed by atoms with E-state index >= 15 is 0 Å². The molecule has 2 heterocycles. The SMILES string of the molecule is CCC(C)NC(=O)C1CC(=O)N(c2cccc3cccnc23)C1. The Morgan fingerprint density at radius 2 is 2.17 bits per heavy atom. The second-order valence-corrected chi connectivity index (χ2v) is 6.08. The van der Waals surface area contributed by atoms with E-state index in [0.717, 1.165) is 23.0 Å². The van der Waals surface area contributed by atoms with Gasteiger partial charge in [-0.3, -0.25) is 14.6 Å². The van der Waals surface area contributed by atoms with Crippen LogP contribution in [0.2, 0.25) is 0 Å². The molecule has 1 aliphatic heterocycles. The van der Waals surface area contributed by atoms with E-state index < -0.39 is 0 Å². The number of pyridine rings is 1. The lowest BCUT2D eigenvalue weighted by Crippen LogP contribution is -2.38. The van der Waals surface area contributed by atoms with E-state index in [1.807, 2.05) is 44.2 Å². The molecule has 0 radical (unpaired) electrons. The first-order valence-electron chi connectivity index (χ1n) is 8.04. The Balaban J connectivity index is 1.84. The zero-order valence-corrected chi connectivity index (χ0v) is 13.5. The summed E-state index contributed by atoms with van der Waals surface area (Å²) >= 11 is 0. The van der Waals surface area contributed by atoms with Gasteiger partial charge in [0.05, 0.1) is 17.1 Å². The molecule has 120 valence electrons. The van der Waals surface area contributed by atoms with E-state index in [1.165, 1.54) is 0 Å². The summed E-state index contributed by atoms with van der Waals surface area (Å²) < 4.78 is 0. The molecule has 1 aliphatic rings. The normalized spacial score (nSPS) is 19.1. The number of carbonyl (C=O) groups excluding carboxylic acids is 2. The van der Waals surface area contributed by atoms with Gasteiger partial charge in [-0.25, -0.2) is 0 Å². The first-order chi connectivity index (χ1) is 11.1. The molecule has 23 heavy (non-hydrogen) atoms. The van der Waals surface area contributed by atoms with Crippen LogP contribution in [0.3, 0.4) is 0 Å². The third-order valence-corrected chi connectivity index (χ3v) is 4.40. The van der Waals surface area contributed by atoms with Crippen molar-refractivity contribution in [1.29, 1.82) is 0 Å². The first-order valence-corrected chi connectivity index (χ1v) is 8.04. The number of amides is 2. The zero-order valence-electron chi connectivity index (χ0n) is 13.5.